The summed E-state index contributed by atoms with van der Waals surface area (Å²) in [6.45, 7) is 6.65. The molecule has 2 aromatic heterocycles. The lowest BCUT2D eigenvalue weighted by Crippen LogP contribution is -2.44. The summed E-state index contributed by atoms with van der Waals surface area (Å²) in [5, 5.41) is 1.50. The number of fused-ring (bicyclic) bond motifs is 1. The van der Waals surface area contributed by atoms with Crippen LogP contribution in [-0.4, -0.2) is 22.1 Å². The Morgan fingerprint density at radius 3 is 2.63 bits per heavy atom. The van der Waals surface area contributed by atoms with Crippen molar-refractivity contribution >= 4 is 39.0 Å². The Balaban J connectivity index is 2.17. The monoisotopic (exact) mass is 295 g/mol. The van der Waals surface area contributed by atoms with E-state index in [1.54, 1.807) is 11.3 Å². The van der Waals surface area contributed by atoms with Crippen LogP contribution in [0, 0.1) is 6.92 Å². The zero-order valence-electron chi connectivity index (χ0n) is 11.5. The molecule has 0 N–H and O–H groups in total. The molecule has 19 heavy (non-hydrogen) atoms. The molecule has 1 aliphatic rings. The molecule has 0 bridgehead atoms. The van der Waals surface area contributed by atoms with Crippen LogP contribution in [0.25, 0.3) is 10.2 Å². The van der Waals surface area contributed by atoms with Crippen LogP contribution in [0.15, 0.2) is 6.07 Å². The highest BCUT2D eigenvalue weighted by Crippen LogP contribution is 2.36. The van der Waals surface area contributed by atoms with Gasteiger partial charge in [0.1, 0.15) is 10.6 Å². The second-order valence-electron chi connectivity index (χ2n) is 5.43. The Hall–Kier alpha value is -0.870. The van der Waals surface area contributed by atoms with E-state index in [1.807, 2.05) is 0 Å². The lowest BCUT2D eigenvalue weighted by atomic mass is 9.97. The van der Waals surface area contributed by atoms with E-state index in [2.05, 4.69) is 41.7 Å². The van der Waals surface area contributed by atoms with Gasteiger partial charge in [-0.1, -0.05) is 0 Å². The first-order valence-electron chi connectivity index (χ1n) is 6.78. The number of hydrogen-bond acceptors (Lipinski definition) is 4. The second-order valence-corrected chi connectivity index (χ2v) is 7.00. The molecular weight excluding hydrogens is 278 g/mol. The third-order valence-electron chi connectivity index (χ3n) is 3.91. The first-order valence-corrected chi connectivity index (χ1v) is 7.97. The van der Waals surface area contributed by atoms with Crippen LogP contribution in [0.2, 0.25) is 5.28 Å². The van der Waals surface area contributed by atoms with Crippen LogP contribution in [0.1, 0.15) is 38.0 Å². The highest BCUT2D eigenvalue weighted by molar-refractivity contribution is 7.18. The van der Waals surface area contributed by atoms with Gasteiger partial charge in [-0.15, -0.1) is 11.3 Å². The summed E-state index contributed by atoms with van der Waals surface area (Å²) in [4.78, 5) is 13.5. The number of thiophene rings is 1. The van der Waals surface area contributed by atoms with Crippen molar-refractivity contribution in [3.05, 3.63) is 16.2 Å². The van der Waals surface area contributed by atoms with Gasteiger partial charge in [-0.05, 0) is 57.7 Å². The van der Waals surface area contributed by atoms with Crippen LogP contribution in [-0.2, 0) is 0 Å². The first kappa shape index (κ1) is 13.1. The molecule has 1 saturated heterocycles. The second kappa shape index (κ2) is 4.91. The SMILES string of the molecule is Cc1cc2c(N3C(C)CCCC3C)nc(Cl)nc2s1. The molecule has 3 nitrogen and oxygen atoms in total. The molecule has 0 aliphatic carbocycles. The molecule has 102 valence electrons. The van der Waals surface area contributed by atoms with E-state index in [1.165, 1.54) is 24.1 Å². The predicted molar refractivity (Wildman–Crippen MR) is 82.4 cm³/mol. The summed E-state index contributed by atoms with van der Waals surface area (Å²) in [5.41, 5.74) is 0. The highest BCUT2D eigenvalue weighted by Gasteiger charge is 2.28. The van der Waals surface area contributed by atoms with Gasteiger partial charge in [0.05, 0.1) is 5.39 Å². The first-order chi connectivity index (χ1) is 9.06. The fourth-order valence-electron chi connectivity index (χ4n) is 3.04. The van der Waals surface area contributed by atoms with Crippen molar-refractivity contribution < 1.29 is 0 Å². The lowest BCUT2D eigenvalue weighted by Gasteiger charge is -2.40. The molecule has 3 heterocycles. The van der Waals surface area contributed by atoms with Crippen molar-refractivity contribution in [2.75, 3.05) is 4.90 Å². The summed E-state index contributed by atoms with van der Waals surface area (Å²) in [5.74, 6) is 1.01. The number of aromatic nitrogens is 2. The topological polar surface area (TPSA) is 29.0 Å². The third-order valence-corrected chi connectivity index (χ3v) is 5.02. The lowest BCUT2D eigenvalue weighted by molar-refractivity contribution is 0.412. The van der Waals surface area contributed by atoms with Gasteiger partial charge >= 0.3 is 0 Å². The van der Waals surface area contributed by atoms with Crippen LogP contribution in [0.5, 0.6) is 0 Å². The number of anilines is 1. The molecule has 2 aromatic rings. The summed E-state index contributed by atoms with van der Waals surface area (Å²) >= 11 is 7.79. The number of piperidine rings is 1. The molecule has 1 aliphatic heterocycles. The molecule has 0 spiro atoms. The van der Waals surface area contributed by atoms with Gasteiger partial charge < -0.3 is 4.90 Å². The van der Waals surface area contributed by atoms with E-state index in [0.717, 1.165) is 16.0 Å². The maximum atomic E-state index is 6.11. The summed E-state index contributed by atoms with van der Waals surface area (Å²) in [6.07, 6.45) is 3.73. The Morgan fingerprint density at radius 2 is 1.95 bits per heavy atom. The van der Waals surface area contributed by atoms with Crippen LogP contribution < -0.4 is 4.90 Å². The van der Waals surface area contributed by atoms with Crippen molar-refractivity contribution in [3.8, 4) is 0 Å². The molecule has 2 atom stereocenters. The summed E-state index contributed by atoms with van der Waals surface area (Å²) < 4.78 is 0. The standard InChI is InChI=1S/C14H18ClN3S/c1-8-5-4-6-9(2)18(8)12-11-7-10(3)19-13(11)17-14(15)16-12/h7-9H,4-6H2,1-3H3. The van der Waals surface area contributed by atoms with E-state index in [-0.39, 0.29) is 0 Å². The van der Waals surface area contributed by atoms with Gasteiger partial charge in [0.15, 0.2) is 0 Å². The minimum absolute atomic E-state index is 0.356. The van der Waals surface area contributed by atoms with Crippen LogP contribution in [0.3, 0.4) is 0 Å². The zero-order valence-corrected chi connectivity index (χ0v) is 13.1. The fraction of sp³-hybridized carbons (Fsp3) is 0.571. The van der Waals surface area contributed by atoms with Gasteiger partial charge in [-0.25, -0.2) is 4.98 Å². The average Bonchev–Trinajstić information content (AvgIpc) is 2.69. The van der Waals surface area contributed by atoms with Crippen molar-refractivity contribution in [1.82, 2.24) is 9.97 Å². The predicted octanol–water partition coefficient (Wildman–Crippen LogP) is 4.42. The fourth-order valence-corrected chi connectivity index (χ4v) is 4.13. The van der Waals surface area contributed by atoms with Gasteiger partial charge in [0.2, 0.25) is 5.28 Å². The number of hydrogen-bond donors (Lipinski definition) is 0. The average molecular weight is 296 g/mol. The maximum absolute atomic E-state index is 6.11. The number of nitrogens with zero attached hydrogens (tertiary/aromatic N) is 3. The van der Waals surface area contributed by atoms with Crippen molar-refractivity contribution in [2.24, 2.45) is 0 Å². The van der Waals surface area contributed by atoms with Crippen molar-refractivity contribution in [3.63, 3.8) is 0 Å². The summed E-state index contributed by atoms with van der Waals surface area (Å²) in [7, 11) is 0. The van der Waals surface area contributed by atoms with E-state index in [9.17, 15) is 0 Å². The van der Waals surface area contributed by atoms with Gasteiger partial charge in [0.25, 0.3) is 0 Å². The van der Waals surface area contributed by atoms with E-state index >= 15 is 0 Å². The van der Waals surface area contributed by atoms with Gasteiger partial charge in [-0.3, -0.25) is 0 Å². The normalized spacial score (nSPS) is 24.1. The molecule has 0 aromatic carbocycles. The molecule has 0 amide bonds. The number of aryl methyl sites for hydroxylation is 1. The van der Waals surface area contributed by atoms with Crippen molar-refractivity contribution in [2.45, 2.75) is 52.1 Å². The third kappa shape index (κ3) is 2.32. The molecule has 3 rings (SSSR count). The Morgan fingerprint density at radius 1 is 1.26 bits per heavy atom. The number of rotatable bonds is 1. The molecule has 1 fully saturated rings. The molecular formula is C14H18ClN3S. The smallest absolute Gasteiger partial charge is 0.225 e. The molecule has 0 saturated carbocycles. The maximum Gasteiger partial charge on any atom is 0.225 e. The summed E-state index contributed by atoms with van der Waals surface area (Å²) in [6, 6.07) is 3.20. The zero-order chi connectivity index (χ0) is 13.6. The Labute approximate surface area is 122 Å². The molecule has 0 radical (unpaired) electrons. The van der Waals surface area contributed by atoms with E-state index in [4.69, 9.17) is 11.6 Å². The Bertz CT molecular complexity index is 600. The molecule has 5 heteroatoms. The Kier molecular flexibility index (Phi) is 3.39. The number of halogens is 1. The van der Waals surface area contributed by atoms with E-state index < -0.39 is 0 Å². The minimum atomic E-state index is 0.356. The van der Waals surface area contributed by atoms with Crippen LogP contribution in [0.4, 0.5) is 5.82 Å². The van der Waals surface area contributed by atoms with Crippen molar-refractivity contribution in [1.29, 1.82) is 0 Å². The quantitative estimate of drug-likeness (QED) is 0.729. The molecule has 2 unspecified atom stereocenters. The largest absolute Gasteiger partial charge is 0.351 e. The van der Waals surface area contributed by atoms with Gasteiger partial charge in [-0.2, -0.15) is 4.98 Å². The minimum Gasteiger partial charge on any atom is -0.351 e. The van der Waals surface area contributed by atoms with E-state index in [0.29, 0.717) is 17.4 Å². The van der Waals surface area contributed by atoms with Gasteiger partial charge in [0, 0.05) is 17.0 Å². The highest BCUT2D eigenvalue weighted by atomic mass is 35.5. The van der Waals surface area contributed by atoms with Crippen LogP contribution >= 0.6 is 22.9 Å².